The summed E-state index contributed by atoms with van der Waals surface area (Å²) < 4.78 is 0. The molecule has 2 aliphatic rings. The number of hydrogen-bond donors (Lipinski definition) is 1. The van der Waals surface area contributed by atoms with Crippen LogP contribution in [-0.4, -0.2) is 15.6 Å². The van der Waals surface area contributed by atoms with Gasteiger partial charge in [0.1, 0.15) is 5.76 Å². The van der Waals surface area contributed by atoms with Crippen LogP contribution in [0.1, 0.15) is 27.7 Å². The molecule has 0 aromatic heterocycles. The molecular formula is C11H16OS. The van der Waals surface area contributed by atoms with Crippen molar-refractivity contribution < 1.29 is 5.11 Å². The van der Waals surface area contributed by atoms with Gasteiger partial charge in [0.05, 0.1) is 0 Å². The van der Waals surface area contributed by atoms with Crippen LogP contribution in [0, 0.1) is 5.41 Å². The molecule has 1 saturated heterocycles. The fraction of sp³-hybridized carbons (Fsp3) is 0.636. The van der Waals surface area contributed by atoms with Crippen LogP contribution in [0.4, 0.5) is 0 Å². The Bertz CT molecular complexity index is 307. The molecule has 2 heteroatoms. The molecule has 0 bridgehead atoms. The molecule has 0 radical (unpaired) electrons. The molecule has 1 aliphatic heterocycles. The van der Waals surface area contributed by atoms with Crippen molar-refractivity contribution in [1.82, 2.24) is 0 Å². The standard InChI is InChI=1S/C11H16OS/c1-6-9(12)7(11(2,3)4)5-8-10(6)13-8/h5,8,10,12H,1-4H3. The summed E-state index contributed by atoms with van der Waals surface area (Å²) in [5, 5.41) is 11.2. The van der Waals surface area contributed by atoms with E-state index in [9.17, 15) is 5.11 Å². The van der Waals surface area contributed by atoms with E-state index in [0.717, 1.165) is 5.57 Å². The lowest BCUT2D eigenvalue weighted by atomic mass is 9.81. The average molecular weight is 196 g/mol. The Morgan fingerprint density at radius 1 is 1.38 bits per heavy atom. The van der Waals surface area contributed by atoms with E-state index < -0.39 is 0 Å². The smallest absolute Gasteiger partial charge is 0.119 e. The van der Waals surface area contributed by atoms with Gasteiger partial charge in [-0.1, -0.05) is 26.8 Å². The molecule has 1 fully saturated rings. The average Bonchev–Trinajstić information content (AvgIpc) is 2.73. The Labute approximate surface area is 83.9 Å². The Hall–Kier alpha value is -0.370. The van der Waals surface area contributed by atoms with E-state index in [4.69, 9.17) is 0 Å². The first-order valence-corrected chi connectivity index (χ1v) is 5.63. The van der Waals surface area contributed by atoms with Gasteiger partial charge in [0.2, 0.25) is 0 Å². The van der Waals surface area contributed by atoms with Crippen LogP contribution in [0.2, 0.25) is 0 Å². The van der Waals surface area contributed by atoms with Crippen LogP contribution in [0.25, 0.3) is 0 Å². The highest BCUT2D eigenvalue weighted by molar-refractivity contribution is 8.08. The van der Waals surface area contributed by atoms with E-state index in [-0.39, 0.29) is 5.41 Å². The molecule has 2 rings (SSSR count). The second-order valence-electron chi connectivity index (χ2n) is 4.88. The predicted octanol–water partition coefficient (Wildman–Crippen LogP) is 3.29. The van der Waals surface area contributed by atoms with Crippen molar-refractivity contribution in [2.75, 3.05) is 0 Å². The molecule has 0 amide bonds. The monoisotopic (exact) mass is 196 g/mol. The quantitative estimate of drug-likeness (QED) is 0.600. The van der Waals surface area contributed by atoms with E-state index in [2.05, 4.69) is 26.8 Å². The minimum Gasteiger partial charge on any atom is -0.508 e. The fourth-order valence-electron chi connectivity index (χ4n) is 1.79. The maximum absolute atomic E-state index is 9.97. The summed E-state index contributed by atoms with van der Waals surface area (Å²) in [4.78, 5) is 0. The highest BCUT2D eigenvalue weighted by Gasteiger charge is 2.44. The van der Waals surface area contributed by atoms with Crippen molar-refractivity contribution in [1.29, 1.82) is 0 Å². The molecule has 1 aliphatic carbocycles. The molecule has 2 atom stereocenters. The predicted molar refractivity (Wildman–Crippen MR) is 58.0 cm³/mol. The van der Waals surface area contributed by atoms with Gasteiger partial charge in [-0.05, 0) is 23.5 Å². The van der Waals surface area contributed by atoms with Crippen LogP contribution in [-0.2, 0) is 0 Å². The maximum Gasteiger partial charge on any atom is 0.119 e. The van der Waals surface area contributed by atoms with Gasteiger partial charge in [-0.3, -0.25) is 0 Å². The number of rotatable bonds is 0. The molecule has 0 saturated carbocycles. The molecule has 2 unspecified atom stereocenters. The first-order valence-electron chi connectivity index (χ1n) is 4.69. The van der Waals surface area contributed by atoms with Gasteiger partial charge in [-0.25, -0.2) is 0 Å². The van der Waals surface area contributed by atoms with Crippen LogP contribution in [0.15, 0.2) is 23.0 Å². The van der Waals surface area contributed by atoms with Crippen LogP contribution in [0.5, 0.6) is 0 Å². The van der Waals surface area contributed by atoms with E-state index in [1.54, 1.807) is 0 Å². The highest BCUT2D eigenvalue weighted by Crippen LogP contribution is 2.53. The first-order chi connectivity index (χ1) is 5.91. The number of thioether (sulfide) groups is 1. The largest absolute Gasteiger partial charge is 0.508 e. The van der Waals surface area contributed by atoms with E-state index in [1.807, 2.05) is 18.7 Å². The van der Waals surface area contributed by atoms with E-state index in [0.29, 0.717) is 16.3 Å². The molecule has 13 heavy (non-hydrogen) atoms. The number of allylic oxidation sites excluding steroid dienone is 1. The molecule has 0 spiro atoms. The molecule has 0 aromatic rings. The zero-order valence-corrected chi connectivity index (χ0v) is 9.40. The summed E-state index contributed by atoms with van der Waals surface area (Å²) in [5.74, 6) is 0.541. The topological polar surface area (TPSA) is 20.2 Å². The summed E-state index contributed by atoms with van der Waals surface area (Å²) >= 11 is 1.94. The summed E-state index contributed by atoms with van der Waals surface area (Å²) in [6.07, 6.45) is 2.23. The Balaban J connectivity index is 2.40. The van der Waals surface area contributed by atoms with Crippen LogP contribution >= 0.6 is 11.8 Å². The zero-order chi connectivity index (χ0) is 9.80. The van der Waals surface area contributed by atoms with Crippen molar-refractivity contribution in [3.05, 3.63) is 23.0 Å². The van der Waals surface area contributed by atoms with Gasteiger partial charge >= 0.3 is 0 Å². The Morgan fingerprint density at radius 3 is 2.54 bits per heavy atom. The van der Waals surface area contributed by atoms with Crippen molar-refractivity contribution in [3.63, 3.8) is 0 Å². The minimum absolute atomic E-state index is 0.0689. The number of aliphatic hydroxyl groups is 1. The molecule has 0 aromatic carbocycles. The van der Waals surface area contributed by atoms with Gasteiger partial charge in [0.25, 0.3) is 0 Å². The molecule has 72 valence electrons. The van der Waals surface area contributed by atoms with Crippen molar-refractivity contribution in [2.45, 2.75) is 38.2 Å². The van der Waals surface area contributed by atoms with E-state index >= 15 is 0 Å². The second-order valence-corrected chi connectivity index (χ2v) is 6.21. The fourth-order valence-corrected chi connectivity index (χ4v) is 2.86. The summed E-state index contributed by atoms with van der Waals surface area (Å²) in [6, 6.07) is 0. The summed E-state index contributed by atoms with van der Waals surface area (Å²) in [5.41, 5.74) is 2.36. The van der Waals surface area contributed by atoms with Gasteiger partial charge in [0, 0.05) is 10.5 Å². The lowest BCUT2D eigenvalue weighted by Crippen LogP contribution is -2.17. The van der Waals surface area contributed by atoms with Gasteiger partial charge in [-0.2, -0.15) is 0 Å². The molecule has 1 heterocycles. The number of hydrogen-bond acceptors (Lipinski definition) is 2. The molecule has 1 N–H and O–H groups in total. The van der Waals surface area contributed by atoms with Crippen LogP contribution < -0.4 is 0 Å². The van der Waals surface area contributed by atoms with Crippen LogP contribution in [0.3, 0.4) is 0 Å². The summed E-state index contributed by atoms with van der Waals surface area (Å²) in [6.45, 7) is 8.49. The highest BCUT2D eigenvalue weighted by atomic mass is 32.2. The van der Waals surface area contributed by atoms with E-state index in [1.165, 1.54) is 5.57 Å². The summed E-state index contributed by atoms with van der Waals surface area (Å²) in [7, 11) is 0. The van der Waals surface area contributed by atoms with Gasteiger partial charge < -0.3 is 5.11 Å². The zero-order valence-electron chi connectivity index (χ0n) is 8.59. The van der Waals surface area contributed by atoms with Crippen molar-refractivity contribution >= 4 is 11.8 Å². The third-order valence-electron chi connectivity index (χ3n) is 2.72. The number of fused-ring (bicyclic) bond motifs is 1. The SMILES string of the molecule is CC1=C(O)C(C(C)(C)C)=CC2SC12. The first kappa shape index (κ1) is 9.20. The van der Waals surface area contributed by atoms with Crippen molar-refractivity contribution in [2.24, 2.45) is 5.41 Å². The maximum atomic E-state index is 9.97. The van der Waals surface area contributed by atoms with Gasteiger partial charge in [0.15, 0.2) is 0 Å². The lowest BCUT2D eigenvalue weighted by Gasteiger charge is -2.25. The third kappa shape index (κ3) is 1.41. The normalized spacial score (nSPS) is 32.8. The second kappa shape index (κ2) is 2.57. The van der Waals surface area contributed by atoms with Crippen molar-refractivity contribution in [3.8, 4) is 0 Å². The van der Waals surface area contributed by atoms with Gasteiger partial charge in [-0.15, -0.1) is 11.8 Å². The minimum atomic E-state index is 0.0689. The third-order valence-corrected chi connectivity index (χ3v) is 4.07. The molecular weight excluding hydrogens is 180 g/mol. The lowest BCUT2D eigenvalue weighted by molar-refractivity contribution is 0.368. The Kier molecular flexibility index (Phi) is 1.82. The Morgan fingerprint density at radius 2 is 2.00 bits per heavy atom. The number of aliphatic hydroxyl groups excluding tert-OH is 1. The molecule has 1 nitrogen and oxygen atoms in total.